The summed E-state index contributed by atoms with van der Waals surface area (Å²) in [6.07, 6.45) is 2.04. The highest BCUT2D eigenvalue weighted by Crippen LogP contribution is 2.22. The molecule has 0 radical (unpaired) electrons. The van der Waals surface area contributed by atoms with Crippen LogP contribution in [-0.4, -0.2) is 36.4 Å². The summed E-state index contributed by atoms with van der Waals surface area (Å²) in [5, 5.41) is 2.83. The molecule has 0 atom stereocenters. The number of ether oxygens (including phenoxy) is 1. The highest BCUT2D eigenvalue weighted by molar-refractivity contribution is 6.04. The van der Waals surface area contributed by atoms with Gasteiger partial charge in [-0.25, -0.2) is 0 Å². The summed E-state index contributed by atoms with van der Waals surface area (Å²) < 4.78 is 5.60. The fourth-order valence-electron chi connectivity index (χ4n) is 3.44. The highest BCUT2D eigenvalue weighted by atomic mass is 16.5. The third-order valence-corrected chi connectivity index (χ3v) is 5.42. The molecule has 2 aromatic rings. The van der Waals surface area contributed by atoms with Crippen molar-refractivity contribution in [3.8, 4) is 5.75 Å². The zero-order chi connectivity index (χ0) is 20.8. The maximum Gasteiger partial charge on any atom is 0.262 e. The highest BCUT2D eigenvalue weighted by Gasteiger charge is 2.23. The summed E-state index contributed by atoms with van der Waals surface area (Å²) in [4.78, 5) is 27.2. The average molecular weight is 395 g/mol. The van der Waals surface area contributed by atoms with Crippen molar-refractivity contribution in [3.05, 3.63) is 59.7 Å². The van der Waals surface area contributed by atoms with Gasteiger partial charge in [0.15, 0.2) is 6.61 Å². The third kappa shape index (κ3) is 5.59. The number of piperidine rings is 1. The number of carbonyl (C=O) groups is 2. The number of para-hydroxylation sites is 1. The molecule has 0 bridgehead atoms. The summed E-state index contributed by atoms with van der Waals surface area (Å²) in [5.74, 6) is 1.44. The number of rotatable bonds is 6. The lowest BCUT2D eigenvalue weighted by Crippen LogP contribution is -2.38. The van der Waals surface area contributed by atoms with Crippen LogP contribution in [0, 0.1) is 5.92 Å². The van der Waals surface area contributed by atoms with E-state index in [1.165, 1.54) is 5.56 Å². The Hall–Kier alpha value is -2.82. The first-order valence-corrected chi connectivity index (χ1v) is 10.3. The summed E-state index contributed by atoms with van der Waals surface area (Å²) in [6, 6.07) is 14.9. The van der Waals surface area contributed by atoms with E-state index in [0.29, 0.717) is 28.8 Å². The molecule has 1 aliphatic heterocycles. The molecule has 2 amide bonds. The summed E-state index contributed by atoms with van der Waals surface area (Å²) in [7, 11) is 0. The fraction of sp³-hybridized carbons (Fsp3) is 0.417. The van der Waals surface area contributed by atoms with Crippen molar-refractivity contribution in [1.82, 2.24) is 4.90 Å². The van der Waals surface area contributed by atoms with Crippen LogP contribution in [0.15, 0.2) is 48.5 Å². The molecule has 1 N–H and O–H groups in total. The lowest BCUT2D eigenvalue weighted by atomic mass is 9.98. The van der Waals surface area contributed by atoms with Gasteiger partial charge in [0.2, 0.25) is 0 Å². The Morgan fingerprint density at radius 1 is 1.07 bits per heavy atom. The van der Waals surface area contributed by atoms with E-state index in [2.05, 4.69) is 26.1 Å². The predicted molar refractivity (Wildman–Crippen MR) is 115 cm³/mol. The molecule has 0 unspecified atom stereocenters. The molecule has 0 aromatic heterocycles. The van der Waals surface area contributed by atoms with E-state index in [4.69, 9.17) is 4.74 Å². The smallest absolute Gasteiger partial charge is 0.262 e. The van der Waals surface area contributed by atoms with Gasteiger partial charge in [-0.3, -0.25) is 9.59 Å². The molecular weight excluding hydrogens is 364 g/mol. The van der Waals surface area contributed by atoms with Gasteiger partial charge in [-0.15, -0.1) is 0 Å². The normalized spacial score (nSPS) is 14.7. The lowest BCUT2D eigenvalue weighted by molar-refractivity contribution is -0.118. The van der Waals surface area contributed by atoms with E-state index in [1.54, 1.807) is 12.1 Å². The standard InChI is InChI=1S/C24H30N2O3/c1-17(2)19-8-10-20(11-9-19)29-16-23(27)25-22-7-5-4-6-21(22)24(28)26-14-12-18(3)13-15-26/h4-11,17-18H,12-16H2,1-3H3,(H,25,27). The van der Waals surface area contributed by atoms with Crippen LogP contribution in [0.25, 0.3) is 0 Å². The van der Waals surface area contributed by atoms with Crippen molar-refractivity contribution in [2.75, 3.05) is 25.0 Å². The number of nitrogens with one attached hydrogen (secondary N) is 1. The molecule has 29 heavy (non-hydrogen) atoms. The molecule has 1 fully saturated rings. The number of anilines is 1. The first kappa shape index (κ1) is 20.9. The number of likely N-dealkylation sites (tertiary alicyclic amines) is 1. The number of hydrogen-bond acceptors (Lipinski definition) is 3. The topological polar surface area (TPSA) is 58.6 Å². The van der Waals surface area contributed by atoms with Crippen molar-refractivity contribution in [2.24, 2.45) is 5.92 Å². The van der Waals surface area contributed by atoms with Gasteiger partial charge in [-0.2, -0.15) is 0 Å². The Kier molecular flexibility index (Phi) is 6.91. The molecule has 5 nitrogen and oxygen atoms in total. The van der Waals surface area contributed by atoms with Crippen LogP contribution >= 0.6 is 0 Å². The van der Waals surface area contributed by atoms with Crippen molar-refractivity contribution < 1.29 is 14.3 Å². The van der Waals surface area contributed by atoms with E-state index >= 15 is 0 Å². The summed E-state index contributed by atoms with van der Waals surface area (Å²) in [5.41, 5.74) is 2.28. The lowest BCUT2D eigenvalue weighted by Gasteiger charge is -2.30. The van der Waals surface area contributed by atoms with Crippen molar-refractivity contribution in [2.45, 2.75) is 39.5 Å². The number of nitrogens with zero attached hydrogens (tertiary/aromatic N) is 1. The number of carbonyl (C=O) groups excluding carboxylic acids is 2. The summed E-state index contributed by atoms with van der Waals surface area (Å²) >= 11 is 0. The van der Waals surface area contributed by atoms with Crippen LogP contribution in [0.2, 0.25) is 0 Å². The monoisotopic (exact) mass is 394 g/mol. The Bertz CT molecular complexity index is 837. The Labute approximate surface area is 173 Å². The molecule has 154 valence electrons. The minimum absolute atomic E-state index is 0.0296. The minimum atomic E-state index is -0.287. The zero-order valence-corrected chi connectivity index (χ0v) is 17.5. The van der Waals surface area contributed by atoms with E-state index in [-0.39, 0.29) is 18.4 Å². The van der Waals surface area contributed by atoms with Gasteiger partial charge in [0.1, 0.15) is 5.75 Å². The molecule has 0 spiro atoms. The van der Waals surface area contributed by atoms with Crippen LogP contribution in [0.1, 0.15) is 55.5 Å². The Balaban J connectivity index is 1.59. The second-order valence-electron chi connectivity index (χ2n) is 8.08. The second kappa shape index (κ2) is 9.59. The van der Waals surface area contributed by atoms with Crippen LogP contribution < -0.4 is 10.1 Å². The maximum atomic E-state index is 12.9. The van der Waals surface area contributed by atoms with Gasteiger partial charge in [0.05, 0.1) is 11.3 Å². The van der Waals surface area contributed by atoms with Gasteiger partial charge in [0.25, 0.3) is 11.8 Å². The first-order chi connectivity index (χ1) is 13.9. The van der Waals surface area contributed by atoms with Crippen LogP contribution in [0.3, 0.4) is 0 Å². The molecule has 0 aliphatic carbocycles. The molecule has 1 heterocycles. The van der Waals surface area contributed by atoms with Gasteiger partial charge >= 0.3 is 0 Å². The molecule has 1 saturated heterocycles. The SMILES string of the molecule is CC1CCN(C(=O)c2ccccc2NC(=O)COc2ccc(C(C)C)cc2)CC1. The zero-order valence-electron chi connectivity index (χ0n) is 17.5. The van der Waals surface area contributed by atoms with Crippen molar-refractivity contribution in [1.29, 1.82) is 0 Å². The Morgan fingerprint density at radius 3 is 2.38 bits per heavy atom. The molecular formula is C24H30N2O3. The number of hydrogen-bond donors (Lipinski definition) is 1. The molecule has 0 saturated carbocycles. The number of amides is 2. The average Bonchev–Trinajstić information content (AvgIpc) is 2.73. The second-order valence-corrected chi connectivity index (χ2v) is 8.08. The minimum Gasteiger partial charge on any atom is -0.484 e. The molecule has 5 heteroatoms. The van der Waals surface area contributed by atoms with Gasteiger partial charge in [0, 0.05) is 13.1 Å². The first-order valence-electron chi connectivity index (χ1n) is 10.3. The molecule has 2 aromatic carbocycles. The van der Waals surface area contributed by atoms with Gasteiger partial charge in [-0.1, -0.05) is 45.0 Å². The molecule has 3 rings (SSSR count). The maximum absolute atomic E-state index is 12.9. The van der Waals surface area contributed by atoms with E-state index in [9.17, 15) is 9.59 Å². The summed E-state index contributed by atoms with van der Waals surface area (Å²) in [6.45, 7) is 7.89. The van der Waals surface area contributed by atoms with Gasteiger partial charge < -0.3 is 15.0 Å². The van der Waals surface area contributed by atoms with Crippen LogP contribution in [0.5, 0.6) is 5.75 Å². The third-order valence-electron chi connectivity index (χ3n) is 5.42. The quantitative estimate of drug-likeness (QED) is 0.773. The fourth-order valence-corrected chi connectivity index (χ4v) is 3.44. The van der Waals surface area contributed by atoms with Crippen LogP contribution in [0.4, 0.5) is 5.69 Å². The van der Waals surface area contributed by atoms with Gasteiger partial charge in [-0.05, 0) is 54.5 Å². The Morgan fingerprint density at radius 2 is 1.72 bits per heavy atom. The van der Waals surface area contributed by atoms with E-state index in [0.717, 1.165) is 25.9 Å². The van der Waals surface area contributed by atoms with Crippen molar-refractivity contribution >= 4 is 17.5 Å². The molecule has 1 aliphatic rings. The van der Waals surface area contributed by atoms with Crippen molar-refractivity contribution in [3.63, 3.8) is 0 Å². The number of benzene rings is 2. The predicted octanol–water partition coefficient (Wildman–Crippen LogP) is 4.70. The van der Waals surface area contributed by atoms with E-state index < -0.39 is 0 Å². The largest absolute Gasteiger partial charge is 0.484 e. The van der Waals surface area contributed by atoms with E-state index in [1.807, 2.05) is 41.3 Å². The van der Waals surface area contributed by atoms with Crippen LogP contribution in [-0.2, 0) is 4.79 Å².